The molecule has 1 rings (SSSR count). The van der Waals surface area contributed by atoms with E-state index >= 15 is 0 Å². The first kappa shape index (κ1) is 8.94. The molecule has 0 aromatic heterocycles. The Morgan fingerprint density at radius 3 is 2.00 bits per heavy atom. The van der Waals surface area contributed by atoms with Gasteiger partial charge in [-0.05, 0) is 24.3 Å². The van der Waals surface area contributed by atoms with Crippen LogP contribution >= 0.6 is 23.5 Å². The van der Waals surface area contributed by atoms with E-state index in [-0.39, 0.29) is 5.30 Å². The lowest BCUT2D eigenvalue weighted by Gasteiger charge is -2.01. The highest BCUT2D eigenvalue weighted by atomic mass is 79.9. The lowest BCUT2D eigenvalue weighted by Crippen LogP contribution is -2.01. The average Bonchev–Trinajstić information content (AvgIpc) is 1.86. The Kier molecular flexibility index (Phi) is 2.50. The molecule has 0 radical (unpaired) electrons. The van der Waals surface area contributed by atoms with Crippen LogP contribution in [0.25, 0.3) is 0 Å². The molecule has 0 aliphatic rings. The smallest absolute Gasteiger partial charge is 0.321 e. The predicted octanol–water partition coefficient (Wildman–Crippen LogP) is 1.25. The molecular weight excluding hydrogens is 231 g/mol. The second kappa shape index (κ2) is 3.07. The molecular formula is C6H6BrO3P. The zero-order chi connectivity index (χ0) is 8.48. The van der Waals surface area contributed by atoms with Crippen LogP contribution < -0.4 is 5.30 Å². The Hall–Kier alpha value is -0.150. The van der Waals surface area contributed by atoms with Crippen LogP contribution in [-0.4, -0.2) is 9.79 Å². The standard InChI is InChI=1S/C6H6BrO3P/c7-5-1-3-6(4-2-5)11(8,9)10/h1-4H,(H2,8,9,10). The molecule has 0 aliphatic carbocycles. The second-order valence-electron chi connectivity index (χ2n) is 2.02. The molecule has 0 saturated carbocycles. The highest BCUT2D eigenvalue weighted by Gasteiger charge is 2.15. The fourth-order valence-electron chi connectivity index (χ4n) is 0.635. The van der Waals surface area contributed by atoms with Gasteiger partial charge in [-0.1, -0.05) is 15.9 Å². The summed E-state index contributed by atoms with van der Waals surface area (Å²) in [6, 6.07) is 5.97. The van der Waals surface area contributed by atoms with Crippen molar-refractivity contribution in [3.8, 4) is 0 Å². The van der Waals surface area contributed by atoms with E-state index in [2.05, 4.69) is 15.9 Å². The fraction of sp³-hybridized carbons (Fsp3) is 0. The van der Waals surface area contributed by atoms with Crippen LogP contribution in [0.4, 0.5) is 0 Å². The Balaban J connectivity index is 3.09. The molecule has 2 N–H and O–H groups in total. The summed E-state index contributed by atoms with van der Waals surface area (Å²) >= 11 is 3.16. The normalized spacial score (nSPS) is 11.5. The van der Waals surface area contributed by atoms with Crippen LogP contribution in [0.1, 0.15) is 0 Å². The first-order valence-electron chi connectivity index (χ1n) is 2.82. The molecule has 3 nitrogen and oxygen atoms in total. The maximum absolute atomic E-state index is 10.6. The Bertz CT molecular complexity index is 289. The van der Waals surface area contributed by atoms with Crippen LogP contribution in [0, 0.1) is 0 Å². The maximum Gasteiger partial charge on any atom is 0.356 e. The van der Waals surface area contributed by atoms with E-state index in [0.717, 1.165) is 4.47 Å². The van der Waals surface area contributed by atoms with Gasteiger partial charge in [0, 0.05) is 4.47 Å². The van der Waals surface area contributed by atoms with Crippen molar-refractivity contribution in [2.75, 3.05) is 0 Å². The van der Waals surface area contributed by atoms with Gasteiger partial charge in [-0.3, -0.25) is 4.57 Å². The largest absolute Gasteiger partial charge is 0.356 e. The summed E-state index contributed by atoms with van der Waals surface area (Å²) in [7, 11) is -4.06. The third-order valence-corrected chi connectivity index (χ3v) is 2.66. The molecule has 1 aromatic carbocycles. The summed E-state index contributed by atoms with van der Waals surface area (Å²) in [5.74, 6) is 0. The molecule has 0 atom stereocenters. The molecule has 0 aliphatic heterocycles. The first-order chi connectivity index (χ1) is 5.00. The van der Waals surface area contributed by atoms with E-state index in [1.165, 1.54) is 12.1 Å². The summed E-state index contributed by atoms with van der Waals surface area (Å²) in [6.07, 6.45) is 0. The van der Waals surface area contributed by atoms with E-state index in [0.29, 0.717) is 0 Å². The van der Waals surface area contributed by atoms with E-state index in [1.807, 2.05) is 0 Å². The minimum absolute atomic E-state index is 0.0423. The molecule has 60 valence electrons. The average molecular weight is 237 g/mol. The van der Waals surface area contributed by atoms with Crippen molar-refractivity contribution in [2.24, 2.45) is 0 Å². The monoisotopic (exact) mass is 236 g/mol. The van der Waals surface area contributed by atoms with Gasteiger partial charge in [-0.25, -0.2) is 0 Å². The second-order valence-corrected chi connectivity index (χ2v) is 4.54. The summed E-state index contributed by atoms with van der Waals surface area (Å²) in [6.45, 7) is 0. The van der Waals surface area contributed by atoms with Gasteiger partial charge in [-0.2, -0.15) is 0 Å². The van der Waals surface area contributed by atoms with Crippen LogP contribution in [-0.2, 0) is 4.57 Å². The zero-order valence-electron chi connectivity index (χ0n) is 5.44. The summed E-state index contributed by atoms with van der Waals surface area (Å²) in [4.78, 5) is 17.4. The van der Waals surface area contributed by atoms with Crippen LogP contribution in [0.5, 0.6) is 0 Å². The fourth-order valence-corrected chi connectivity index (χ4v) is 1.44. The summed E-state index contributed by atoms with van der Waals surface area (Å²) in [5.41, 5.74) is 0. The maximum atomic E-state index is 10.6. The van der Waals surface area contributed by atoms with Crippen molar-refractivity contribution in [2.45, 2.75) is 0 Å². The van der Waals surface area contributed by atoms with Gasteiger partial charge in [0.05, 0.1) is 5.30 Å². The SMILES string of the molecule is O=P(O)(O)c1ccc(Br)cc1. The molecule has 0 unspecified atom stereocenters. The number of rotatable bonds is 1. The molecule has 0 heterocycles. The third kappa shape index (κ3) is 2.42. The van der Waals surface area contributed by atoms with Crippen LogP contribution in [0.2, 0.25) is 0 Å². The molecule has 5 heteroatoms. The molecule has 11 heavy (non-hydrogen) atoms. The number of benzene rings is 1. The summed E-state index contributed by atoms with van der Waals surface area (Å²) in [5, 5.41) is 0.0423. The van der Waals surface area contributed by atoms with Gasteiger partial charge in [-0.15, -0.1) is 0 Å². The molecule has 0 bridgehead atoms. The van der Waals surface area contributed by atoms with Gasteiger partial charge in [0.1, 0.15) is 0 Å². The van der Waals surface area contributed by atoms with E-state index in [1.54, 1.807) is 12.1 Å². The highest BCUT2D eigenvalue weighted by molar-refractivity contribution is 9.10. The van der Waals surface area contributed by atoms with Crippen molar-refractivity contribution in [3.05, 3.63) is 28.7 Å². The Morgan fingerprint density at radius 1 is 1.18 bits per heavy atom. The number of hydrogen-bond acceptors (Lipinski definition) is 1. The van der Waals surface area contributed by atoms with Crippen molar-refractivity contribution in [1.82, 2.24) is 0 Å². The molecule has 0 fully saturated rings. The minimum atomic E-state index is -4.06. The minimum Gasteiger partial charge on any atom is -0.321 e. The van der Waals surface area contributed by atoms with Gasteiger partial charge in [0.25, 0.3) is 0 Å². The lowest BCUT2D eigenvalue weighted by molar-refractivity contribution is 0.387. The highest BCUT2D eigenvalue weighted by Crippen LogP contribution is 2.33. The lowest BCUT2D eigenvalue weighted by atomic mass is 10.4. The first-order valence-corrected chi connectivity index (χ1v) is 5.22. The summed E-state index contributed by atoms with van der Waals surface area (Å²) < 4.78 is 11.4. The zero-order valence-corrected chi connectivity index (χ0v) is 7.92. The van der Waals surface area contributed by atoms with Crippen molar-refractivity contribution >= 4 is 28.8 Å². The molecule has 0 spiro atoms. The van der Waals surface area contributed by atoms with E-state index in [4.69, 9.17) is 9.79 Å². The molecule has 0 amide bonds. The van der Waals surface area contributed by atoms with Crippen molar-refractivity contribution in [3.63, 3.8) is 0 Å². The molecule has 0 saturated heterocycles. The Labute approximate surface area is 72.4 Å². The number of hydrogen-bond donors (Lipinski definition) is 2. The molecule has 1 aromatic rings. The quantitative estimate of drug-likeness (QED) is 0.722. The van der Waals surface area contributed by atoms with Crippen molar-refractivity contribution in [1.29, 1.82) is 0 Å². The topological polar surface area (TPSA) is 57.5 Å². The Morgan fingerprint density at radius 2 is 1.64 bits per heavy atom. The van der Waals surface area contributed by atoms with E-state index < -0.39 is 7.60 Å². The van der Waals surface area contributed by atoms with Crippen LogP contribution in [0.3, 0.4) is 0 Å². The van der Waals surface area contributed by atoms with Gasteiger partial charge in [0.15, 0.2) is 0 Å². The van der Waals surface area contributed by atoms with Gasteiger partial charge >= 0.3 is 7.60 Å². The van der Waals surface area contributed by atoms with Gasteiger partial charge < -0.3 is 9.79 Å². The van der Waals surface area contributed by atoms with Gasteiger partial charge in [0.2, 0.25) is 0 Å². The third-order valence-electron chi connectivity index (χ3n) is 1.16. The predicted molar refractivity (Wildman–Crippen MR) is 45.8 cm³/mol. The van der Waals surface area contributed by atoms with Crippen LogP contribution in [0.15, 0.2) is 28.7 Å². The number of halogens is 1. The van der Waals surface area contributed by atoms with Crippen molar-refractivity contribution < 1.29 is 14.4 Å². The van der Waals surface area contributed by atoms with E-state index in [9.17, 15) is 4.57 Å².